The lowest BCUT2D eigenvalue weighted by atomic mass is 9.93. The predicted molar refractivity (Wildman–Crippen MR) is 94.1 cm³/mol. The Morgan fingerprint density at radius 3 is 2.17 bits per heavy atom. The van der Waals surface area contributed by atoms with E-state index in [0.29, 0.717) is 6.07 Å². The number of benzene rings is 1. The van der Waals surface area contributed by atoms with Crippen LogP contribution in [0.15, 0.2) is 23.1 Å². The summed E-state index contributed by atoms with van der Waals surface area (Å²) in [5, 5.41) is -0.354. The van der Waals surface area contributed by atoms with E-state index in [2.05, 4.69) is 5.32 Å². The van der Waals surface area contributed by atoms with E-state index < -0.39 is 67.9 Å². The molecule has 1 amide bonds. The van der Waals surface area contributed by atoms with E-state index in [0.717, 1.165) is 0 Å². The topological polar surface area (TPSA) is 72.5 Å². The Kier molecular flexibility index (Phi) is 6.23. The summed E-state index contributed by atoms with van der Waals surface area (Å²) in [5.41, 5.74) is -2.26. The smallest absolute Gasteiger partial charge is 0.416 e. The van der Waals surface area contributed by atoms with Crippen molar-refractivity contribution in [2.75, 3.05) is 0 Å². The zero-order chi connectivity index (χ0) is 22.3. The number of nitrogens with one attached hydrogen (secondary N) is 1. The number of rotatable bonds is 3. The quantitative estimate of drug-likeness (QED) is 0.685. The number of alkyl carbamates (subject to hydrolysis) is 1. The van der Waals surface area contributed by atoms with Crippen molar-refractivity contribution < 1.29 is 39.9 Å². The zero-order valence-electron chi connectivity index (χ0n) is 16.1. The van der Waals surface area contributed by atoms with Gasteiger partial charge in [0, 0.05) is 6.04 Å². The van der Waals surface area contributed by atoms with Gasteiger partial charge in [-0.2, -0.15) is 13.2 Å². The molecule has 0 spiro atoms. The van der Waals surface area contributed by atoms with Crippen molar-refractivity contribution in [2.24, 2.45) is 0 Å². The number of carbonyl (C=O) groups is 1. The second-order valence-electron chi connectivity index (χ2n) is 7.98. The molecule has 0 radical (unpaired) electrons. The summed E-state index contributed by atoms with van der Waals surface area (Å²) in [7, 11) is -4.90. The average Bonchev–Trinajstić information content (AvgIpc) is 2.54. The number of carbonyl (C=O) groups excluding carboxylic acids is 1. The summed E-state index contributed by atoms with van der Waals surface area (Å²) in [5.74, 6) is -1.43. The van der Waals surface area contributed by atoms with Crippen molar-refractivity contribution >= 4 is 15.9 Å². The highest BCUT2D eigenvalue weighted by molar-refractivity contribution is 7.92. The average molecular weight is 443 g/mol. The van der Waals surface area contributed by atoms with Crippen LogP contribution in [0, 0.1) is 5.82 Å². The highest BCUT2D eigenvalue weighted by Gasteiger charge is 2.48. The molecule has 0 atom stereocenters. The van der Waals surface area contributed by atoms with Crippen molar-refractivity contribution in [3.05, 3.63) is 29.6 Å². The van der Waals surface area contributed by atoms with Crippen molar-refractivity contribution in [1.29, 1.82) is 0 Å². The molecule has 1 saturated carbocycles. The molecule has 164 valence electrons. The van der Waals surface area contributed by atoms with Gasteiger partial charge in [0.05, 0.1) is 10.5 Å². The van der Waals surface area contributed by atoms with Crippen LogP contribution in [-0.4, -0.2) is 31.2 Å². The number of hydrogen-bond acceptors (Lipinski definition) is 4. The fraction of sp³-hybridized carbons (Fsp3) is 0.611. The Hall–Kier alpha value is -1.91. The van der Waals surface area contributed by atoms with Crippen LogP contribution >= 0.6 is 0 Å². The SMILES string of the molecule is CC(C)(C)OC(=O)N[C@H]1CC[C@@](F)(S(=O)(=O)c2cc(F)cc(C(F)(F)F)c2)CC1. The second-order valence-corrected chi connectivity index (χ2v) is 10.2. The van der Waals surface area contributed by atoms with Crippen LogP contribution in [0.4, 0.5) is 26.7 Å². The van der Waals surface area contributed by atoms with Gasteiger partial charge in [0.15, 0.2) is 0 Å². The van der Waals surface area contributed by atoms with E-state index >= 15 is 4.39 Å². The molecule has 1 fully saturated rings. The minimum Gasteiger partial charge on any atom is -0.444 e. The predicted octanol–water partition coefficient (Wildman–Crippen LogP) is 4.75. The Morgan fingerprint density at radius 1 is 1.14 bits per heavy atom. The second kappa shape index (κ2) is 7.73. The number of ether oxygens (including phenoxy) is 1. The van der Waals surface area contributed by atoms with Gasteiger partial charge in [0.1, 0.15) is 11.4 Å². The Bertz CT molecular complexity index is 869. The highest BCUT2D eigenvalue weighted by atomic mass is 32.2. The molecule has 1 aliphatic carbocycles. The van der Waals surface area contributed by atoms with Crippen molar-refractivity contribution in [3.63, 3.8) is 0 Å². The minimum atomic E-state index is -4.98. The Balaban J connectivity index is 2.17. The van der Waals surface area contributed by atoms with Gasteiger partial charge in [-0.25, -0.2) is 22.0 Å². The monoisotopic (exact) mass is 443 g/mol. The molecule has 29 heavy (non-hydrogen) atoms. The Labute approximate surface area is 165 Å². The lowest BCUT2D eigenvalue weighted by Crippen LogP contribution is -2.46. The molecule has 1 aromatic carbocycles. The van der Waals surface area contributed by atoms with Gasteiger partial charge in [0.25, 0.3) is 0 Å². The number of halogens is 5. The molecule has 2 rings (SSSR count). The molecule has 1 aromatic rings. The molecule has 0 unspecified atom stereocenters. The first-order valence-electron chi connectivity index (χ1n) is 8.84. The molecule has 0 heterocycles. The van der Waals surface area contributed by atoms with Crippen molar-refractivity contribution in [3.8, 4) is 0 Å². The normalized spacial score (nSPS) is 23.5. The fourth-order valence-electron chi connectivity index (χ4n) is 3.03. The van der Waals surface area contributed by atoms with E-state index in [-0.39, 0.29) is 25.0 Å². The first kappa shape index (κ1) is 23.4. The molecule has 0 aliphatic heterocycles. The Morgan fingerprint density at radius 2 is 1.69 bits per heavy atom. The lowest BCUT2D eigenvalue weighted by molar-refractivity contribution is -0.137. The van der Waals surface area contributed by atoms with Crippen LogP contribution in [-0.2, 0) is 20.8 Å². The maximum absolute atomic E-state index is 15.2. The summed E-state index contributed by atoms with van der Waals surface area (Å²) in [6, 6.07) is 0.190. The van der Waals surface area contributed by atoms with Crippen LogP contribution < -0.4 is 5.32 Å². The van der Waals surface area contributed by atoms with E-state index in [1.54, 1.807) is 20.8 Å². The van der Waals surface area contributed by atoms with E-state index in [9.17, 15) is 30.8 Å². The maximum Gasteiger partial charge on any atom is 0.416 e. The van der Waals surface area contributed by atoms with Crippen molar-refractivity contribution in [2.45, 2.75) is 74.2 Å². The molecule has 1 N–H and O–H groups in total. The van der Waals surface area contributed by atoms with Crippen LogP contribution in [0.1, 0.15) is 52.0 Å². The van der Waals surface area contributed by atoms with Crippen LogP contribution in [0.5, 0.6) is 0 Å². The number of alkyl halides is 4. The first-order valence-corrected chi connectivity index (χ1v) is 10.3. The third kappa shape index (κ3) is 5.58. The third-order valence-electron chi connectivity index (χ3n) is 4.44. The molecule has 0 saturated heterocycles. The van der Waals surface area contributed by atoms with E-state index in [1.165, 1.54) is 0 Å². The van der Waals surface area contributed by atoms with E-state index in [4.69, 9.17) is 4.74 Å². The molecular weight excluding hydrogens is 421 g/mol. The van der Waals surface area contributed by atoms with Gasteiger partial charge in [-0.1, -0.05) is 0 Å². The lowest BCUT2D eigenvalue weighted by Gasteiger charge is -2.34. The summed E-state index contributed by atoms with van der Waals surface area (Å²) >= 11 is 0. The fourth-order valence-corrected chi connectivity index (χ4v) is 4.77. The molecule has 5 nitrogen and oxygen atoms in total. The van der Waals surface area contributed by atoms with Gasteiger partial charge in [-0.3, -0.25) is 0 Å². The molecular formula is C18H22F5NO4S. The van der Waals surface area contributed by atoms with Crippen LogP contribution in [0.25, 0.3) is 0 Å². The van der Waals surface area contributed by atoms with Crippen LogP contribution in [0.2, 0.25) is 0 Å². The molecule has 1 aliphatic rings. The molecule has 0 bridgehead atoms. The highest BCUT2D eigenvalue weighted by Crippen LogP contribution is 2.41. The number of amides is 1. The first-order chi connectivity index (χ1) is 13.0. The van der Waals surface area contributed by atoms with Gasteiger partial charge >= 0.3 is 12.3 Å². The van der Waals surface area contributed by atoms with Gasteiger partial charge in [-0.05, 0) is 64.7 Å². The third-order valence-corrected chi connectivity index (χ3v) is 6.67. The molecule has 0 aromatic heterocycles. The summed E-state index contributed by atoms with van der Waals surface area (Å²) in [4.78, 5) is 10.7. The summed E-state index contributed by atoms with van der Waals surface area (Å²) in [6.07, 6.45) is -6.99. The minimum absolute atomic E-state index is 0.0730. The standard InChI is InChI=1S/C18H22F5NO4S/c1-16(2,3)28-15(25)24-13-4-6-17(20,7-5-13)29(26,27)14-9-11(18(21,22)23)8-12(19)10-14/h8-10,13H,4-7H2,1-3H3,(H,24,25)/t13-,17+. The van der Waals surface area contributed by atoms with Gasteiger partial charge in [-0.15, -0.1) is 0 Å². The van der Waals surface area contributed by atoms with E-state index in [1.807, 2.05) is 0 Å². The van der Waals surface area contributed by atoms with Gasteiger partial charge < -0.3 is 10.1 Å². The number of hydrogen-bond donors (Lipinski definition) is 1. The zero-order valence-corrected chi connectivity index (χ0v) is 16.9. The number of sulfone groups is 1. The van der Waals surface area contributed by atoms with Gasteiger partial charge in [0.2, 0.25) is 14.8 Å². The maximum atomic E-state index is 15.2. The van der Waals surface area contributed by atoms with Crippen molar-refractivity contribution in [1.82, 2.24) is 5.32 Å². The summed E-state index contributed by atoms with van der Waals surface area (Å²) < 4.78 is 97.7. The van der Waals surface area contributed by atoms with Crippen LogP contribution in [0.3, 0.4) is 0 Å². The summed E-state index contributed by atoms with van der Waals surface area (Å²) in [6.45, 7) is 4.96. The molecule has 11 heteroatoms. The largest absolute Gasteiger partial charge is 0.444 e.